The van der Waals surface area contributed by atoms with E-state index in [1.165, 1.54) is 6.33 Å². The number of anilines is 1. The van der Waals surface area contributed by atoms with Crippen LogP contribution < -0.4 is 10.1 Å². The van der Waals surface area contributed by atoms with Crippen LogP contribution in [0.2, 0.25) is 0 Å². The highest BCUT2D eigenvalue weighted by Crippen LogP contribution is 2.31. The van der Waals surface area contributed by atoms with Gasteiger partial charge in [0.15, 0.2) is 0 Å². The lowest BCUT2D eigenvalue weighted by Crippen LogP contribution is -2.05. The zero-order chi connectivity index (χ0) is 15.4. The van der Waals surface area contributed by atoms with Gasteiger partial charge in [-0.2, -0.15) is 0 Å². The quantitative estimate of drug-likeness (QED) is 0.843. The van der Waals surface area contributed by atoms with Gasteiger partial charge in [0.1, 0.15) is 17.9 Å². The third-order valence-corrected chi connectivity index (χ3v) is 4.46. The standard InChI is InChI=1S/C16H20BrN3O/c1-5-6-18-15-12(4)16(20-9-19-15)21-13-7-10(2)14(17)11(3)8-13/h7-9H,5-6H2,1-4H3,(H,18,19,20). The number of hydrogen-bond acceptors (Lipinski definition) is 4. The summed E-state index contributed by atoms with van der Waals surface area (Å²) in [5.74, 6) is 2.20. The minimum absolute atomic E-state index is 0.588. The number of nitrogens with one attached hydrogen (secondary N) is 1. The Morgan fingerprint density at radius 2 is 1.81 bits per heavy atom. The number of rotatable bonds is 5. The van der Waals surface area contributed by atoms with Gasteiger partial charge in [-0.05, 0) is 50.5 Å². The van der Waals surface area contributed by atoms with E-state index in [4.69, 9.17) is 4.74 Å². The van der Waals surface area contributed by atoms with Crippen LogP contribution in [0.3, 0.4) is 0 Å². The van der Waals surface area contributed by atoms with Crippen LogP contribution in [0.1, 0.15) is 30.0 Å². The van der Waals surface area contributed by atoms with Crippen molar-refractivity contribution in [3.8, 4) is 11.6 Å². The van der Waals surface area contributed by atoms with Crippen LogP contribution in [-0.4, -0.2) is 16.5 Å². The van der Waals surface area contributed by atoms with Gasteiger partial charge in [0.25, 0.3) is 0 Å². The summed E-state index contributed by atoms with van der Waals surface area (Å²) in [6.07, 6.45) is 2.57. The Morgan fingerprint density at radius 3 is 2.43 bits per heavy atom. The molecule has 0 saturated heterocycles. The summed E-state index contributed by atoms with van der Waals surface area (Å²) in [7, 11) is 0. The van der Waals surface area contributed by atoms with Gasteiger partial charge in [-0.15, -0.1) is 0 Å². The molecule has 0 atom stereocenters. The Kier molecular flexibility index (Phi) is 5.17. The van der Waals surface area contributed by atoms with Crippen LogP contribution in [0.25, 0.3) is 0 Å². The molecule has 0 unspecified atom stereocenters. The van der Waals surface area contributed by atoms with Gasteiger partial charge in [-0.1, -0.05) is 22.9 Å². The maximum Gasteiger partial charge on any atom is 0.227 e. The Labute approximate surface area is 134 Å². The highest BCUT2D eigenvalue weighted by Gasteiger charge is 2.10. The Bertz CT molecular complexity index is 620. The molecule has 1 N–H and O–H groups in total. The topological polar surface area (TPSA) is 47.0 Å². The molecule has 21 heavy (non-hydrogen) atoms. The van der Waals surface area contributed by atoms with Crippen molar-refractivity contribution in [3.05, 3.63) is 39.6 Å². The molecule has 0 radical (unpaired) electrons. The van der Waals surface area contributed by atoms with Crippen molar-refractivity contribution in [2.24, 2.45) is 0 Å². The van der Waals surface area contributed by atoms with Gasteiger partial charge in [0.2, 0.25) is 5.88 Å². The van der Waals surface area contributed by atoms with Gasteiger partial charge >= 0.3 is 0 Å². The van der Waals surface area contributed by atoms with Crippen LogP contribution in [-0.2, 0) is 0 Å². The van der Waals surface area contributed by atoms with Gasteiger partial charge in [0.05, 0.1) is 5.56 Å². The fourth-order valence-corrected chi connectivity index (χ4v) is 2.26. The largest absolute Gasteiger partial charge is 0.439 e. The van der Waals surface area contributed by atoms with E-state index in [0.29, 0.717) is 5.88 Å². The van der Waals surface area contributed by atoms with Gasteiger partial charge in [-0.25, -0.2) is 9.97 Å². The first-order valence-electron chi connectivity index (χ1n) is 7.03. The van der Waals surface area contributed by atoms with Crippen molar-refractivity contribution >= 4 is 21.7 Å². The van der Waals surface area contributed by atoms with E-state index in [9.17, 15) is 0 Å². The van der Waals surface area contributed by atoms with Crippen molar-refractivity contribution in [1.82, 2.24) is 9.97 Å². The number of ether oxygens (including phenoxy) is 1. The van der Waals surface area contributed by atoms with Gasteiger partial charge in [0, 0.05) is 11.0 Å². The molecule has 1 aromatic carbocycles. The first-order chi connectivity index (χ1) is 10.0. The van der Waals surface area contributed by atoms with Crippen molar-refractivity contribution in [1.29, 1.82) is 0 Å². The fraction of sp³-hybridized carbons (Fsp3) is 0.375. The van der Waals surface area contributed by atoms with E-state index in [1.807, 2.05) is 32.9 Å². The summed E-state index contributed by atoms with van der Waals surface area (Å²) < 4.78 is 7.05. The number of aryl methyl sites for hydroxylation is 2. The first kappa shape index (κ1) is 15.8. The number of nitrogens with zero attached hydrogens (tertiary/aromatic N) is 2. The highest BCUT2D eigenvalue weighted by molar-refractivity contribution is 9.10. The van der Waals surface area contributed by atoms with Crippen LogP contribution in [0.4, 0.5) is 5.82 Å². The van der Waals surface area contributed by atoms with Crippen LogP contribution in [0.5, 0.6) is 11.6 Å². The van der Waals surface area contributed by atoms with E-state index in [-0.39, 0.29) is 0 Å². The van der Waals surface area contributed by atoms with E-state index < -0.39 is 0 Å². The number of benzene rings is 1. The average Bonchev–Trinajstić information content (AvgIpc) is 2.45. The number of hydrogen-bond donors (Lipinski definition) is 1. The predicted octanol–water partition coefficient (Wildman–Crippen LogP) is 4.78. The molecule has 0 saturated carbocycles. The Morgan fingerprint density at radius 1 is 1.14 bits per heavy atom. The van der Waals surface area contributed by atoms with E-state index in [0.717, 1.165) is 45.7 Å². The molecule has 0 bridgehead atoms. The van der Waals surface area contributed by atoms with E-state index in [1.54, 1.807) is 0 Å². The lowest BCUT2D eigenvalue weighted by atomic mass is 10.1. The SMILES string of the molecule is CCCNc1ncnc(Oc2cc(C)c(Br)c(C)c2)c1C. The van der Waals surface area contributed by atoms with E-state index >= 15 is 0 Å². The molecular formula is C16H20BrN3O. The van der Waals surface area contributed by atoms with Gasteiger partial charge in [-0.3, -0.25) is 0 Å². The molecule has 112 valence electrons. The molecular weight excluding hydrogens is 330 g/mol. The number of halogens is 1. The second kappa shape index (κ2) is 6.89. The summed E-state index contributed by atoms with van der Waals surface area (Å²) in [6.45, 7) is 9.06. The van der Waals surface area contributed by atoms with Crippen LogP contribution in [0, 0.1) is 20.8 Å². The molecule has 0 aliphatic heterocycles. The first-order valence-corrected chi connectivity index (χ1v) is 7.82. The predicted molar refractivity (Wildman–Crippen MR) is 89.2 cm³/mol. The van der Waals surface area contributed by atoms with Gasteiger partial charge < -0.3 is 10.1 Å². The smallest absolute Gasteiger partial charge is 0.227 e. The summed E-state index contributed by atoms with van der Waals surface area (Å²) in [5.41, 5.74) is 3.20. The minimum Gasteiger partial charge on any atom is -0.439 e. The van der Waals surface area contributed by atoms with Crippen molar-refractivity contribution in [2.75, 3.05) is 11.9 Å². The number of aromatic nitrogens is 2. The average molecular weight is 350 g/mol. The minimum atomic E-state index is 0.588. The normalized spacial score (nSPS) is 10.5. The lowest BCUT2D eigenvalue weighted by Gasteiger charge is -2.13. The maximum absolute atomic E-state index is 5.93. The summed E-state index contributed by atoms with van der Waals surface area (Å²) in [5, 5.41) is 3.28. The molecule has 1 aromatic heterocycles. The lowest BCUT2D eigenvalue weighted by molar-refractivity contribution is 0.457. The monoisotopic (exact) mass is 349 g/mol. The molecule has 1 heterocycles. The third kappa shape index (κ3) is 3.73. The molecule has 5 heteroatoms. The van der Waals surface area contributed by atoms with Crippen LogP contribution in [0.15, 0.2) is 22.9 Å². The summed E-state index contributed by atoms with van der Waals surface area (Å²) >= 11 is 3.56. The summed E-state index contributed by atoms with van der Waals surface area (Å²) in [6, 6.07) is 4.00. The highest BCUT2D eigenvalue weighted by atomic mass is 79.9. The molecule has 2 aromatic rings. The van der Waals surface area contributed by atoms with Crippen LogP contribution >= 0.6 is 15.9 Å². The van der Waals surface area contributed by atoms with E-state index in [2.05, 4.69) is 38.1 Å². The molecule has 4 nitrogen and oxygen atoms in total. The zero-order valence-corrected chi connectivity index (χ0v) is 14.4. The molecule has 0 fully saturated rings. The third-order valence-electron chi connectivity index (χ3n) is 3.20. The zero-order valence-electron chi connectivity index (χ0n) is 12.8. The Hall–Kier alpha value is -1.62. The summed E-state index contributed by atoms with van der Waals surface area (Å²) in [4.78, 5) is 8.50. The molecule has 0 spiro atoms. The Balaban J connectivity index is 2.27. The molecule has 2 rings (SSSR count). The molecule has 0 aliphatic carbocycles. The van der Waals surface area contributed by atoms with Crippen molar-refractivity contribution < 1.29 is 4.74 Å². The second-order valence-electron chi connectivity index (χ2n) is 5.05. The second-order valence-corrected chi connectivity index (χ2v) is 5.85. The fourth-order valence-electron chi connectivity index (χ4n) is 2.04. The molecule has 0 aliphatic rings. The van der Waals surface area contributed by atoms with Crippen molar-refractivity contribution in [3.63, 3.8) is 0 Å². The maximum atomic E-state index is 5.93. The van der Waals surface area contributed by atoms with Crippen molar-refractivity contribution in [2.45, 2.75) is 34.1 Å². The molecule has 0 amide bonds.